The summed E-state index contributed by atoms with van der Waals surface area (Å²) < 4.78 is 24.4. The fraction of sp³-hybridized carbons (Fsp3) is 0.611. The molecule has 0 aliphatic heterocycles. The molecular formula is C18H32N4O2S. The van der Waals surface area contributed by atoms with Crippen LogP contribution < -0.4 is 15.4 Å². The molecule has 7 heteroatoms. The highest BCUT2D eigenvalue weighted by Gasteiger charge is 2.01. The molecule has 1 rings (SSSR count). The summed E-state index contributed by atoms with van der Waals surface area (Å²) in [6.45, 7) is 6.34. The number of hydrogen-bond acceptors (Lipinski definition) is 3. The predicted molar refractivity (Wildman–Crippen MR) is 106 cm³/mol. The molecule has 0 atom stereocenters. The molecule has 0 unspecified atom stereocenters. The van der Waals surface area contributed by atoms with Crippen molar-refractivity contribution in [3.8, 4) is 0 Å². The zero-order valence-electron chi connectivity index (χ0n) is 15.8. The Morgan fingerprint density at radius 2 is 1.64 bits per heavy atom. The lowest BCUT2D eigenvalue weighted by Gasteiger charge is -2.12. The minimum absolute atomic E-state index is 0.426. The van der Waals surface area contributed by atoms with Crippen LogP contribution in [-0.4, -0.2) is 47.3 Å². The van der Waals surface area contributed by atoms with E-state index < -0.39 is 10.0 Å². The molecular weight excluding hydrogens is 336 g/mol. The van der Waals surface area contributed by atoms with Gasteiger partial charge in [0.1, 0.15) is 0 Å². The van der Waals surface area contributed by atoms with Crippen LogP contribution in [0.15, 0.2) is 29.3 Å². The monoisotopic (exact) mass is 368 g/mol. The van der Waals surface area contributed by atoms with Gasteiger partial charge in [-0.2, -0.15) is 0 Å². The average molecular weight is 369 g/mol. The van der Waals surface area contributed by atoms with E-state index in [1.807, 2.05) is 0 Å². The topological polar surface area (TPSA) is 82.6 Å². The fourth-order valence-electron chi connectivity index (χ4n) is 2.34. The predicted octanol–water partition coefficient (Wildman–Crippen LogP) is 1.85. The lowest BCUT2D eigenvalue weighted by atomic mass is 10.0. The standard InChI is InChI=1S/C18H32N4O2S/c1-15(2)17-10-8-16(9-11-17)7-5-12-20-18(19-3)21-13-6-14-22-25(4,23)24/h8-11,15,22H,5-7,12-14H2,1-4H3,(H2,19,20,21). The molecule has 1 aromatic rings. The maximum Gasteiger partial charge on any atom is 0.208 e. The van der Waals surface area contributed by atoms with Gasteiger partial charge in [-0.05, 0) is 36.3 Å². The SMILES string of the molecule is CN=C(NCCCNS(C)(=O)=O)NCCCc1ccc(C(C)C)cc1. The van der Waals surface area contributed by atoms with Crippen LogP contribution in [0, 0.1) is 0 Å². The first kappa shape index (κ1) is 21.4. The molecule has 0 amide bonds. The first-order chi connectivity index (χ1) is 11.8. The second-order valence-electron chi connectivity index (χ2n) is 6.45. The van der Waals surface area contributed by atoms with E-state index in [0.717, 1.165) is 31.6 Å². The van der Waals surface area contributed by atoms with E-state index in [1.54, 1.807) is 7.05 Å². The molecule has 0 spiro atoms. The van der Waals surface area contributed by atoms with Crippen LogP contribution in [0.25, 0.3) is 0 Å². The van der Waals surface area contributed by atoms with E-state index in [0.29, 0.717) is 25.4 Å². The van der Waals surface area contributed by atoms with Crippen LogP contribution in [0.1, 0.15) is 43.7 Å². The molecule has 0 aliphatic rings. The molecule has 0 saturated heterocycles. The van der Waals surface area contributed by atoms with Crippen molar-refractivity contribution in [1.29, 1.82) is 0 Å². The van der Waals surface area contributed by atoms with Crippen LogP contribution in [0.2, 0.25) is 0 Å². The van der Waals surface area contributed by atoms with Gasteiger partial charge in [0.15, 0.2) is 5.96 Å². The lowest BCUT2D eigenvalue weighted by Crippen LogP contribution is -2.39. The van der Waals surface area contributed by atoms with Crippen molar-refractivity contribution in [3.63, 3.8) is 0 Å². The molecule has 0 aliphatic carbocycles. The highest BCUT2D eigenvalue weighted by Crippen LogP contribution is 2.15. The number of hydrogen-bond donors (Lipinski definition) is 3. The van der Waals surface area contributed by atoms with Crippen molar-refractivity contribution in [1.82, 2.24) is 15.4 Å². The number of aryl methyl sites for hydroxylation is 1. The van der Waals surface area contributed by atoms with Crippen molar-refractivity contribution in [3.05, 3.63) is 35.4 Å². The molecule has 6 nitrogen and oxygen atoms in total. The van der Waals surface area contributed by atoms with E-state index in [1.165, 1.54) is 11.1 Å². The Morgan fingerprint density at radius 1 is 1.04 bits per heavy atom. The van der Waals surface area contributed by atoms with Crippen molar-refractivity contribution >= 4 is 16.0 Å². The zero-order valence-corrected chi connectivity index (χ0v) is 16.6. The number of guanidine groups is 1. The van der Waals surface area contributed by atoms with Gasteiger partial charge >= 0.3 is 0 Å². The summed E-state index contributed by atoms with van der Waals surface area (Å²) >= 11 is 0. The quantitative estimate of drug-likeness (QED) is 0.334. The van der Waals surface area contributed by atoms with Gasteiger partial charge in [-0.25, -0.2) is 13.1 Å². The Hall–Kier alpha value is -1.60. The second-order valence-corrected chi connectivity index (χ2v) is 8.28. The third-order valence-electron chi connectivity index (χ3n) is 3.81. The number of nitrogens with zero attached hydrogens (tertiary/aromatic N) is 1. The van der Waals surface area contributed by atoms with Crippen molar-refractivity contribution in [2.45, 2.75) is 39.0 Å². The molecule has 1 aromatic carbocycles. The largest absolute Gasteiger partial charge is 0.356 e. The van der Waals surface area contributed by atoms with E-state index in [4.69, 9.17) is 0 Å². The van der Waals surface area contributed by atoms with Gasteiger partial charge in [0.2, 0.25) is 10.0 Å². The minimum Gasteiger partial charge on any atom is -0.356 e. The zero-order chi connectivity index (χ0) is 18.7. The van der Waals surface area contributed by atoms with Crippen LogP contribution >= 0.6 is 0 Å². The van der Waals surface area contributed by atoms with E-state index >= 15 is 0 Å². The molecule has 0 radical (unpaired) electrons. The molecule has 0 fully saturated rings. The first-order valence-electron chi connectivity index (χ1n) is 8.80. The van der Waals surface area contributed by atoms with Crippen LogP contribution in [0.3, 0.4) is 0 Å². The summed E-state index contributed by atoms with van der Waals surface area (Å²) in [5, 5.41) is 6.45. The van der Waals surface area contributed by atoms with Crippen LogP contribution in [0.4, 0.5) is 0 Å². The van der Waals surface area contributed by atoms with Crippen LogP contribution in [-0.2, 0) is 16.4 Å². The Bertz CT molecular complexity index is 625. The van der Waals surface area contributed by atoms with Crippen molar-refractivity contribution < 1.29 is 8.42 Å². The first-order valence-corrected chi connectivity index (χ1v) is 10.7. The number of aliphatic imine (C=N–C) groups is 1. The van der Waals surface area contributed by atoms with Crippen LogP contribution in [0.5, 0.6) is 0 Å². The normalized spacial score (nSPS) is 12.4. The molecule has 3 N–H and O–H groups in total. The summed E-state index contributed by atoms with van der Waals surface area (Å²) in [5.41, 5.74) is 2.72. The molecule has 25 heavy (non-hydrogen) atoms. The molecule has 0 saturated carbocycles. The van der Waals surface area contributed by atoms with Crippen molar-refractivity contribution in [2.75, 3.05) is 32.9 Å². The maximum absolute atomic E-state index is 11.0. The third-order valence-corrected chi connectivity index (χ3v) is 4.54. The third kappa shape index (κ3) is 10.1. The number of nitrogens with one attached hydrogen (secondary N) is 3. The number of sulfonamides is 1. The Labute approximate surface area is 152 Å². The summed E-state index contributed by atoms with van der Waals surface area (Å²) in [6, 6.07) is 8.82. The summed E-state index contributed by atoms with van der Waals surface area (Å²) in [4.78, 5) is 4.17. The van der Waals surface area contributed by atoms with Gasteiger partial charge < -0.3 is 10.6 Å². The Kier molecular flexibility index (Phi) is 9.52. The van der Waals surface area contributed by atoms with Crippen molar-refractivity contribution in [2.24, 2.45) is 4.99 Å². The molecule has 0 bridgehead atoms. The van der Waals surface area contributed by atoms with E-state index in [9.17, 15) is 8.42 Å². The van der Waals surface area contributed by atoms with E-state index in [2.05, 4.69) is 58.5 Å². The summed E-state index contributed by atoms with van der Waals surface area (Å²) in [6.07, 6.45) is 3.92. The van der Waals surface area contributed by atoms with Gasteiger partial charge in [0.05, 0.1) is 6.26 Å². The highest BCUT2D eigenvalue weighted by molar-refractivity contribution is 7.88. The van der Waals surface area contributed by atoms with E-state index in [-0.39, 0.29) is 0 Å². The lowest BCUT2D eigenvalue weighted by molar-refractivity contribution is 0.584. The Balaban J connectivity index is 2.18. The smallest absolute Gasteiger partial charge is 0.208 e. The number of benzene rings is 1. The van der Waals surface area contributed by atoms with Gasteiger partial charge in [-0.1, -0.05) is 38.1 Å². The number of rotatable bonds is 10. The fourth-order valence-corrected chi connectivity index (χ4v) is 2.86. The second kappa shape index (κ2) is 11.1. The molecule has 0 aromatic heterocycles. The molecule has 0 heterocycles. The molecule has 142 valence electrons. The summed E-state index contributed by atoms with van der Waals surface area (Å²) in [5.74, 6) is 1.31. The minimum atomic E-state index is -3.11. The van der Waals surface area contributed by atoms with Gasteiger partial charge in [0.25, 0.3) is 0 Å². The highest BCUT2D eigenvalue weighted by atomic mass is 32.2. The van der Waals surface area contributed by atoms with Gasteiger partial charge in [-0.15, -0.1) is 0 Å². The maximum atomic E-state index is 11.0. The van der Waals surface area contributed by atoms with Gasteiger partial charge in [0, 0.05) is 26.7 Å². The van der Waals surface area contributed by atoms with Gasteiger partial charge in [-0.3, -0.25) is 4.99 Å². The Morgan fingerprint density at radius 3 is 2.16 bits per heavy atom. The summed E-state index contributed by atoms with van der Waals surface area (Å²) in [7, 11) is -1.37. The average Bonchev–Trinajstić information content (AvgIpc) is 2.55.